The fourth-order valence-corrected chi connectivity index (χ4v) is 1.32. The van der Waals surface area contributed by atoms with E-state index in [1.807, 2.05) is 51.1 Å². The number of methoxy groups -OCH3 is 1. The van der Waals surface area contributed by atoms with E-state index in [0.717, 1.165) is 17.1 Å². The smallest absolute Gasteiger partial charge is 0.127 e. The molecule has 0 unspecified atom stereocenters. The Morgan fingerprint density at radius 1 is 1.27 bits per heavy atom. The highest BCUT2D eigenvalue weighted by Crippen LogP contribution is 2.26. The Hall–Kier alpha value is -1.44. The van der Waals surface area contributed by atoms with Crippen LogP contribution in [0.15, 0.2) is 24.3 Å². The number of rotatable bonds is 4. The third kappa shape index (κ3) is 3.31. The highest BCUT2D eigenvalue weighted by Gasteiger charge is 2.04. The first-order chi connectivity index (χ1) is 7.17. The van der Waals surface area contributed by atoms with E-state index >= 15 is 0 Å². The summed E-state index contributed by atoms with van der Waals surface area (Å²) in [5.41, 5.74) is 1.05. The predicted molar refractivity (Wildman–Crippen MR) is 63.5 cm³/mol. The monoisotopic (exact) mass is 206 g/mol. The molecule has 0 heterocycles. The van der Waals surface area contributed by atoms with Gasteiger partial charge in [0.1, 0.15) is 11.5 Å². The van der Waals surface area contributed by atoms with Crippen molar-refractivity contribution in [2.75, 3.05) is 7.11 Å². The van der Waals surface area contributed by atoms with E-state index in [2.05, 4.69) is 0 Å². The normalized spacial score (nSPS) is 11.0. The number of allylic oxidation sites excluding steroid dienone is 1. The van der Waals surface area contributed by atoms with Crippen molar-refractivity contribution in [3.05, 3.63) is 29.8 Å². The van der Waals surface area contributed by atoms with Crippen molar-refractivity contribution in [1.82, 2.24) is 0 Å². The van der Waals surface area contributed by atoms with Crippen molar-refractivity contribution in [3.63, 3.8) is 0 Å². The lowest BCUT2D eigenvalue weighted by Gasteiger charge is -2.13. The number of hydrogen-bond donors (Lipinski definition) is 0. The van der Waals surface area contributed by atoms with Gasteiger partial charge in [-0.1, -0.05) is 12.2 Å². The summed E-state index contributed by atoms with van der Waals surface area (Å²) >= 11 is 0. The van der Waals surface area contributed by atoms with Crippen LogP contribution < -0.4 is 9.47 Å². The van der Waals surface area contributed by atoms with Crippen molar-refractivity contribution < 1.29 is 9.47 Å². The summed E-state index contributed by atoms with van der Waals surface area (Å²) in [5.74, 6) is 1.74. The first-order valence-electron chi connectivity index (χ1n) is 5.14. The maximum atomic E-state index is 5.69. The van der Waals surface area contributed by atoms with Gasteiger partial charge < -0.3 is 9.47 Å². The third-order valence-corrected chi connectivity index (χ3v) is 1.93. The van der Waals surface area contributed by atoms with E-state index in [1.165, 1.54) is 0 Å². The Morgan fingerprint density at radius 3 is 2.53 bits per heavy atom. The molecule has 0 saturated carbocycles. The standard InChI is InChI=1S/C13H18O2/c1-5-6-11-9-12(14-4)7-8-13(11)15-10(2)3/h5-10H,1-4H3/b6-5+. The maximum absolute atomic E-state index is 5.69. The molecule has 0 N–H and O–H groups in total. The molecule has 0 atom stereocenters. The minimum Gasteiger partial charge on any atom is -0.497 e. The Labute approximate surface area is 91.5 Å². The van der Waals surface area contributed by atoms with E-state index in [0.29, 0.717) is 0 Å². The van der Waals surface area contributed by atoms with Crippen molar-refractivity contribution >= 4 is 6.08 Å². The van der Waals surface area contributed by atoms with Crippen LogP contribution in [-0.4, -0.2) is 13.2 Å². The molecular formula is C13H18O2. The van der Waals surface area contributed by atoms with Crippen LogP contribution in [0.5, 0.6) is 11.5 Å². The molecule has 0 saturated heterocycles. The van der Waals surface area contributed by atoms with E-state index < -0.39 is 0 Å². The molecule has 2 nitrogen and oxygen atoms in total. The second-order valence-corrected chi connectivity index (χ2v) is 3.57. The summed E-state index contributed by atoms with van der Waals surface area (Å²) in [6, 6.07) is 5.82. The molecule has 0 spiro atoms. The van der Waals surface area contributed by atoms with Crippen molar-refractivity contribution in [1.29, 1.82) is 0 Å². The van der Waals surface area contributed by atoms with Gasteiger partial charge in [-0.2, -0.15) is 0 Å². The number of benzene rings is 1. The number of ether oxygens (including phenoxy) is 2. The topological polar surface area (TPSA) is 18.5 Å². The summed E-state index contributed by atoms with van der Waals surface area (Å²) in [5, 5.41) is 0. The van der Waals surface area contributed by atoms with Crippen LogP contribution in [0.2, 0.25) is 0 Å². The SMILES string of the molecule is C/C=C/c1cc(OC)ccc1OC(C)C. The largest absolute Gasteiger partial charge is 0.497 e. The molecule has 0 aliphatic carbocycles. The third-order valence-electron chi connectivity index (χ3n) is 1.93. The fraction of sp³-hybridized carbons (Fsp3) is 0.385. The molecule has 0 aliphatic heterocycles. The Balaban J connectivity index is 3.03. The summed E-state index contributed by atoms with van der Waals surface area (Å²) < 4.78 is 10.9. The molecule has 15 heavy (non-hydrogen) atoms. The molecule has 1 aromatic carbocycles. The quantitative estimate of drug-likeness (QED) is 0.750. The number of hydrogen-bond acceptors (Lipinski definition) is 2. The predicted octanol–water partition coefficient (Wildman–Crippen LogP) is 3.52. The van der Waals surface area contributed by atoms with Gasteiger partial charge in [0, 0.05) is 5.56 Å². The molecule has 0 bridgehead atoms. The minimum atomic E-state index is 0.183. The van der Waals surface area contributed by atoms with Gasteiger partial charge in [0.25, 0.3) is 0 Å². The molecular weight excluding hydrogens is 188 g/mol. The first kappa shape index (κ1) is 11.6. The van der Waals surface area contributed by atoms with Crippen LogP contribution >= 0.6 is 0 Å². The maximum Gasteiger partial charge on any atom is 0.127 e. The molecule has 0 aliphatic rings. The van der Waals surface area contributed by atoms with Crippen molar-refractivity contribution in [3.8, 4) is 11.5 Å². The van der Waals surface area contributed by atoms with E-state index in [1.54, 1.807) is 7.11 Å². The van der Waals surface area contributed by atoms with Crippen LogP contribution in [0, 0.1) is 0 Å². The molecule has 0 radical (unpaired) electrons. The molecule has 1 aromatic rings. The van der Waals surface area contributed by atoms with E-state index in [-0.39, 0.29) is 6.10 Å². The van der Waals surface area contributed by atoms with Gasteiger partial charge in [-0.05, 0) is 39.0 Å². The van der Waals surface area contributed by atoms with Gasteiger partial charge in [0.2, 0.25) is 0 Å². The Morgan fingerprint density at radius 2 is 2.00 bits per heavy atom. The second kappa shape index (κ2) is 5.44. The van der Waals surface area contributed by atoms with Gasteiger partial charge in [0.15, 0.2) is 0 Å². The lowest BCUT2D eigenvalue weighted by Crippen LogP contribution is -2.06. The van der Waals surface area contributed by atoms with Crippen LogP contribution in [0.3, 0.4) is 0 Å². The molecule has 0 amide bonds. The summed E-state index contributed by atoms with van der Waals surface area (Å²) in [4.78, 5) is 0. The van der Waals surface area contributed by atoms with Gasteiger partial charge in [-0.15, -0.1) is 0 Å². The molecule has 1 rings (SSSR count). The molecule has 0 aromatic heterocycles. The lowest BCUT2D eigenvalue weighted by atomic mass is 10.1. The van der Waals surface area contributed by atoms with Gasteiger partial charge in [-0.25, -0.2) is 0 Å². The molecule has 2 heteroatoms. The lowest BCUT2D eigenvalue weighted by molar-refractivity contribution is 0.241. The average molecular weight is 206 g/mol. The van der Waals surface area contributed by atoms with Crippen molar-refractivity contribution in [2.45, 2.75) is 26.9 Å². The van der Waals surface area contributed by atoms with Crippen LogP contribution in [0.25, 0.3) is 6.08 Å². The zero-order valence-corrected chi connectivity index (χ0v) is 9.78. The first-order valence-corrected chi connectivity index (χ1v) is 5.14. The second-order valence-electron chi connectivity index (χ2n) is 3.57. The van der Waals surface area contributed by atoms with Gasteiger partial charge >= 0.3 is 0 Å². The molecule has 0 fully saturated rings. The fourth-order valence-electron chi connectivity index (χ4n) is 1.32. The zero-order valence-electron chi connectivity index (χ0n) is 9.78. The van der Waals surface area contributed by atoms with Crippen LogP contribution in [-0.2, 0) is 0 Å². The average Bonchev–Trinajstić information content (AvgIpc) is 2.20. The van der Waals surface area contributed by atoms with Crippen molar-refractivity contribution in [2.24, 2.45) is 0 Å². The Kier molecular flexibility index (Phi) is 4.22. The summed E-state index contributed by atoms with van der Waals surface area (Å²) in [6.07, 6.45) is 4.18. The zero-order chi connectivity index (χ0) is 11.3. The van der Waals surface area contributed by atoms with Gasteiger partial charge in [0.05, 0.1) is 13.2 Å². The van der Waals surface area contributed by atoms with E-state index in [4.69, 9.17) is 9.47 Å². The summed E-state index contributed by atoms with van der Waals surface area (Å²) in [6.45, 7) is 6.02. The van der Waals surface area contributed by atoms with Gasteiger partial charge in [-0.3, -0.25) is 0 Å². The van der Waals surface area contributed by atoms with E-state index in [9.17, 15) is 0 Å². The summed E-state index contributed by atoms with van der Waals surface area (Å²) in [7, 11) is 1.66. The highest BCUT2D eigenvalue weighted by atomic mass is 16.5. The Bertz CT molecular complexity index is 340. The highest BCUT2D eigenvalue weighted by molar-refractivity contribution is 5.59. The minimum absolute atomic E-state index is 0.183. The van der Waals surface area contributed by atoms with Crippen LogP contribution in [0.1, 0.15) is 26.3 Å². The molecule has 82 valence electrons. The van der Waals surface area contributed by atoms with Crippen LogP contribution in [0.4, 0.5) is 0 Å².